The standard InChI is InChI=1S/C28H40O2/c1-16-7-9-26(4)11-12-28(6)19(20(26)13-16)8-10-27(5)21-15-22(29)25(30)18(3)24(21)17(2)14-23(27)28/h14-17,19-20,29-30H,7-13H2,1-6H3. The first kappa shape index (κ1) is 20.5. The van der Waals surface area contributed by atoms with E-state index in [-0.39, 0.29) is 28.2 Å². The minimum atomic E-state index is -0.0307. The third-order valence-corrected chi connectivity index (χ3v) is 10.5. The number of fused-ring (bicyclic) bond motifs is 7. The van der Waals surface area contributed by atoms with Gasteiger partial charge in [-0.25, -0.2) is 0 Å². The van der Waals surface area contributed by atoms with Gasteiger partial charge >= 0.3 is 0 Å². The normalized spacial score (nSPS) is 44.9. The Morgan fingerprint density at radius 1 is 0.933 bits per heavy atom. The van der Waals surface area contributed by atoms with Crippen molar-refractivity contribution >= 4 is 0 Å². The number of rotatable bonds is 0. The summed E-state index contributed by atoms with van der Waals surface area (Å²) in [6.45, 7) is 14.3. The van der Waals surface area contributed by atoms with Gasteiger partial charge in [0.2, 0.25) is 0 Å². The molecule has 0 radical (unpaired) electrons. The number of aromatic hydroxyl groups is 2. The van der Waals surface area contributed by atoms with Crippen molar-refractivity contribution in [3.63, 3.8) is 0 Å². The monoisotopic (exact) mass is 408 g/mol. The van der Waals surface area contributed by atoms with Crippen LogP contribution in [0.2, 0.25) is 0 Å². The van der Waals surface area contributed by atoms with Gasteiger partial charge in [-0.2, -0.15) is 0 Å². The summed E-state index contributed by atoms with van der Waals surface area (Å²) in [5.74, 6) is 2.87. The maximum absolute atomic E-state index is 10.5. The van der Waals surface area contributed by atoms with Crippen molar-refractivity contribution in [1.82, 2.24) is 0 Å². The van der Waals surface area contributed by atoms with Crippen LogP contribution in [0, 0.1) is 35.5 Å². The lowest BCUT2D eigenvalue weighted by Crippen LogP contribution is -2.55. The summed E-state index contributed by atoms with van der Waals surface area (Å²) in [4.78, 5) is 0. The van der Waals surface area contributed by atoms with E-state index >= 15 is 0 Å². The van der Waals surface area contributed by atoms with Crippen molar-refractivity contribution in [1.29, 1.82) is 0 Å². The highest BCUT2D eigenvalue weighted by atomic mass is 16.3. The van der Waals surface area contributed by atoms with E-state index in [1.165, 1.54) is 49.7 Å². The minimum Gasteiger partial charge on any atom is -0.504 e. The zero-order valence-electron chi connectivity index (χ0n) is 19.8. The fraction of sp³-hybridized carbons (Fsp3) is 0.714. The van der Waals surface area contributed by atoms with Crippen LogP contribution in [0.1, 0.15) is 102 Å². The molecule has 5 rings (SSSR count). The molecule has 1 aromatic carbocycles. The van der Waals surface area contributed by atoms with Crippen molar-refractivity contribution in [2.45, 2.75) is 97.8 Å². The highest BCUT2D eigenvalue weighted by Crippen LogP contribution is 2.69. The predicted molar refractivity (Wildman–Crippen MR) is 123 cm³/mol. The number of hydrogen-bond donors (Lipinski definition) is 2. The van der Waals surface area contributed by atoms with E-state index in [2.05, 4.69) is 40.7 Å². The summed E-state index contributed by atoms with van der Waals surface area (Å²) in [6.07, 6.45) is 11.9. The summed E-state index contributed by atoms with van der Waals surface area (Å²) < 4.78 is 0. The van der Waals surface area contributed by atoms with Crippen LogP contribution in [-0.4, -0.2) is 10.2 Å². The first-order valence-electron chi connectivity index (χ1n) is 12.3. The smallest absolute Gasteiger partial charge is 0.160 e. The van der Waals surface area contributed by atoms with Crippen LogP contribution < -0.4 is 0 Å². The molecule has 4 aliphatic rings. The van der Waals surface area contributed by atoms with Crippen LogP contribution in [0.15, 0.2) is 17.7 Å². The molecule has 0 spiro atoms. The maximum Gasteiger partial charge on any atom is 0.160 e. The van der Waals surface area contributed by atoms with Crippen molar-refractivity contribution < 1.29 is 10.2 Å². The SMILES string of the molecule is Cc1c(O)c(O)cc2c1C(C)C=C1C2(C)CCC2C3CC(C)CCC3(C)CCC12C. The Morgan fingerprint density at radius 3 is 2.40 bits per heavy atom. The van der Waals surface area contributed by atoms with E-state index in [0.717, 1.165) is 29.7 Å². The fourth-order valence-corrected chi connectivity index (χ4v) is 8.63. The molecule has 0 amide bonds. The molecule has 164 valence electrons. The van der Waals surface area contributed by atoms with E-state index in [1.807, 2.05) is 13.0 Å². The number of allylic oxidation sites excluding steroid dienone is 2. The molecule has 30 heavy (non-hydrogen) atoms. The Balaban J connectivity index is 1.64. The van der Waals surface area contributed by atoms with Gasteiger partial charge in [0, 0.05) is 5.41 Å². The Morgan fingerprint density at radius 2 is 1.67 bits per heavy atom. The third kappa shape index (κ3) is 2.49. The molecule has 3 fully saturated rings. The molecular weight excluding hydrogens is 368 g/mol. The van der Waals surface area contributed by atoms with E-state index < -0.39 is 0 Å². The molecule has 3 saturated carbocycles. The number of phenolic OH excluding ortho intramolecular Hbond substituents is 2. The minimum absolute atomic E-state index is 0.0307. The molecule has 2 heteroatoms. The van der Waals surface area contributed by atoms with Gasteiger partial charge in [-0.1, -0.05) is 52.7 Å². The molecule has 0 bridgehead atoms. The van der Waals surface area contributed by atoms with Gasteiger partial charge < -0.3 is 10.2 Å². The average molecular weight is 409 g/mol. The molecular formula is C28H40O2. The summed E-state index contributed by atoms with van der Waals surface area (Å²) in [5.41, 5.74) is 5.76. The summed E-state index contributed by atoms with van der Waals surface area (Å²) in [5, 5.41) is 20.9. The molecule has 0 saturated heterocycles. The summed E-state index contributed by atoms with van der Waals surface area (Å²) >= 11 is 0. The van der Waals surface area contributed by atoms with Crippen LogP contribution in [0.4, 0.5) is 0 Å². The quantitative estimate of drug-likeness (QED) is 0.348. The van der Waals surface area contributed by atoms with Crippen LogP contribution in [-0.2, 0) is 5.41 Å². The third-order valence-electron chi connectivity index (χ3n) is 10.5. The molecule has 0 heterocycles. The van der Waals surface area contributed by atoms with Crippen LogP contribution in [0.25, 0.3) is 0 Å². The Bertz CT molecular complexity index is 929. The second-order valence-electron chi connectivity index (χ2n) is 12.2. The first-order chi connectivity index (χ1) is 14.0. The maximum atomic E-state index is 10.5. The topological polar surface area (TPSA) is 40.5 Å². The predicted octanol–water partition coefficient (Wildman–Crippen LogP) is 7.36. The number of hydrogen-bond acceptors (Lipinski definition) is 2. The lowest BCUT2D eigenvalue weighted by Gasteiger charge is -2.64. The van der Waals surface area contributed by atoms with Crippen LogP contribution >= 0.6 is 0 Å². The first-order valence-corrected chi connectivity index (χ1v) is 12.3. The van der Waals surface area contributed by atoms with Crippen LogP contribution in [0.5, 0.6) is 11.5 Å². The van der Waals surface area contributed by atoms with E-state index in [4.69, 9.17) is 0 Å². The van der Waals surface area contributed by atoms with E-state index in [9.17, 15) is 10.2 Å². The fourth-order valence-electron chi connectivity index (χ4n) is 8.63. The Hall–Kier alpha value is -1.44. The van der Waals surface area contributed by atoms with Gasteiger partial charge in [-0.05, 0) is 103 Å². The molecule has 0 aromatic heterocycles. The lowest BCUT2D eigenvalue weighted by atomic mass is 9.40. The zero-order valence-corrected chi connectivity index (χ0v) is 19.8. The molecule has 7 atom stereocenters. The van der Waals surface area contributed by atoms with Gasteiger partial charge in [-0.15, -0.1) is 0 Å². The molecule has 0 aliphatic heterocycles. The van der Waals surface area contributed by atoms with Crippen molar-refractivity contribution in [2.75, 3.05) is 0 Å². The summed E-state index contributed by atoms with van der Waals surface area (Å²) in [7, 11) is 0. The number of phenols is 2. The second-order valence-corrected chi connectivity index (χ2v) is 12.2. The van der Waals surface area contributed by atoms with Crippen molar-refractivity contribution in [2.24, 2.45) is 28.6 Å². The molecule has 2 nitrogen and oxygen atoms in total. The van der Waals surface area contributed by atoms with E-state index in [1.54, 1.807) is 5.57 Å². The number of benzene rings is 1. The van der Waals surface area contributed by atoms with E-state index in [0.29, 0.717) is 5.41 Å². The average Bonchev–Trinajstić information content (AvgIpc) is 2.69. The second kappa shape index (κ2) is 6.30. The van der Waals surface area contributed by atoms with Gasteiger partial charge in [-0.3, -0.25) is 0 Å². The van der Waals surface area contributed by atoms with Gasteiger partial charge in [0.1, 0.15) is 0 Å². The Labute approximate surface area is 182 Å². The highest BCUT2D eigenvalue weighted by Gasteiger charge is 2.60. The van der Waals surface area contributed by atoms with Crippen LogP contribution in [0.3, 0.4) is 0 Å². The zero-order chi connectivity index (χ0) is 21.6. The largest absolute Gasteiger partial charge is 0.504 e. The van der Waals surface area contributed by atoms with Crippen molar-refractivity contribution in [3.8, 4) is 11.5 Å². The van der Waals surface area contributed by atoms with Gasteiger partial charge in [0.15, 0.2) is 11.5 Å². The molecule has 1 aromatic rings. The van der Waals surface area contributed by atoms with Crippen molar-refractivity contribution in [3.05, 3.63) is 34.4 Å². The van der Waals surface area contributed by atoms with Gasteiger partial charge in [0.05, 0.1) is 0 Å². The molecule has 4 aliphatic carbocycles. The highest BCUT2D eigenvalue weighted by molar-refractivity contribution is 5.61. The Kier molecular flexibility index (Phi) is 4.30. The van der Waals surface area contributed by atoms with Gasteiger partial charge in [0.25, 0.3) is 0 Å². The molecule has 2 N–H and O–H groups in total. The molecule has 7 unspecified atom stereocenters. The summed E-state index contributed by atoms with van der Waals surface area (Å²) in [6, 6.07) is 1.89. The lowest BCUT2D eigenvalue weighted by molar-refractivity contribution is -0.0810.